The molecule has 7 aromatic rings. The van der Waals surface area contributed by atoms with Gasteiger partial charge in [0.25, 0.3) is 0 Å². The van der Waals surface area contributed by atoms with Crippen LogP contribution in [0.15, 0.2) is 170 Å². The Hall–Kier alpha value is -6.38. The van der Waals surface area contributed by atoms with Gasteiger partial charge < -0.3 is 9.80 Å². The second-order valence-corrected chi connectivity index (χ2v) is 13.5. The highest BCUT2D eigenvalue weighted by atomic mass is 15.1. The first-order valence-corrected chi connectivity index (χ1v) is 17.9. The third kappa shape index (κ3) is 8.15. The molecular formula is C50H44N2. The SMILES string of the molecule is Cc1ccc(N(c2ccc(C)cc2)c2ccc(C=Cc3ccc(N(c4ccc(C)cc4)c4ccc(C)cc4)cc3C=Cc3ccccc3)cc2)cc1. The lowest BCUT2D eigenvalue weighted by molar-refractivity contribution is 1.26. The van der Waals surface area contributed by atoms with Crippen LogP contribution in [0.25, 0.3) is 24.3 Å². The van der Waals surface area contributed by atoms with Crippen molar-refractivity contribution in [2.45, 2.75) is 27.7 Å². The number of nitrogens with zero attached hydrogens (tertiary/aromatic N) is 2. The van der Waals surface area contributed by atoms with E-state index in [0.717, 1.165) is 50.8 Å². The average molecular weight is 673 g/mol. The second kappa shape index (κ2) is 15.7. The van der Waals surface area contributed by atoms with E-state index in [2.05, 4.69) is 232 Å². The maximum absolute atomic E-state index is 2.33. The molecule has 0 aliphatic carbocycles. The highest BCUT2D eigenvalue weighted by Gasteiger charge is 2.15. The minimum atomic E-state index is 1.11. The lowest BCUT2D eigenvalue weighted by Crippen LogP contribution is -2.10. The number of hydrogen-bond donors (Lipinski definition) is 0. The molecule has 0 bridgehead atoms. The number of aryl methyl sites for hydroxylation is 4. The van der Waals surface area contributed by atoms with E-state index >= 15 is 0 Å². The van der Waals surface area contributed by atoms with Crippen LogP contribution in [0.5, 0.6) is 0 Å². The smallest absolute Gasteiger partial charge is 0.0468 e. The highest BCUT2D eigenvalue weighted by Crippen LogP contribution is 2.37. The summed E-state index contributed by atoms with van der Waals surface area (Å²) in [6, 6.07) is 61.0. The Morgan fingerprint density at radius 2 is 0.615 bits per heavy atom. The Morgan fingerprint density at radius 3 is 1.04 bits per heavy atom. The largest absolute Gasteiger partial charge is 0.311 e. The Kier molecular flexibility index (Phi) is 10.3. The normalized spacial score (nSPS) is 11.3. The summed E-state index contributed by atoms with van der Waals surface area (Å²) in [6.45, 7) is 8.51. The number of anilines is 6. The first kappa shape index (κ1) is 34.1. The van der Waals surface area contributed by atoms with Crippen molar-refractivity contribution in [1.82, 2.24) is 0 Å². The lowest BCUT2D eigenvalue weighted by Gasteiger charge is -2.26. The van der Waals surface area contributed by atoms with Gasteiger partial charge >= 0.3 is 0 Å². The van der Waals surface area contributed by atoms with Crippen LogP contribution in [0, 0.1) is 27.7 Å². The van der Waals surface area contributed by atoms with Crippen molar-refractivity contribution in [3.05, 3.63) is 214 Å². The zero-order valence-corrected chi connectivity index (χ0v) is 30.4. The first-order valence-electron chi connectivity index (χ1n) is 17.9. The van der Waals surface area contributed by atoms with Gasteiger partial charge in [-0.15, -0.1) is 0 Å². The van der Waals surface area contributed by atoms with Gasteiger partial charge in [-0.05, 0) is 123 Å². The monoisotopic (exact) mass is 672 g/mol. The Balaban J connectivity index is 1.24. The summed E-state index contributed by atoms with van der Waals surface area (Å²) in [7, 11) is 0. The van der Waals surface area contributed by atoms with E-state index in [4.69, 9.17) is 0 Å². The van der Waals surface area contributed by atoms with E-state index in [1.165, 1.54) is 27.8 Å². The Bertz CT molecular complexity index is 2190. The van der Waals surface area contributed by atoms with Gasteiger partial charge in [-0.1, -0.05) is 144 Å². The zero-order chi connectivity index (χ0) is 35.9. The summed E-state index contributed by atoms with van der Waals surface area (Å²) in [6.07, 6.45) is 8.85. The van der Waals surface area contributed by atoms with Crippen molar-refractivity contribution in [2.24, 2.45) is 0 Å². The Labute approximate surface area is 309 Å². The van der Waals surface area contributed by atoms with Gasteiger partial charge in [0.15, 0.2) is 0 Å². The van der Waals surface area contributed by atoms with Crippen molar-refractivity contribution in [2.75, 3.05) is 9.80 Å². The molecule has 0 saturated heterocycles. The highest BCUT2D eigenvalue weighted by molar-refractivity contribution is 5.85. The molecule has 0 amide bonds. The minimum absolute atomic E-state index is 1.11. The van der Waals surface area contributed by atoms with Crippen LogP contribution in [0.2, 0.25) is 0 Å². The van der Waals surface area contributed by atoms with Gasteiger partial charge in [0.2, 0.25) is 0 Å². The van der Waals surface area contributed by atoms with Crippen LogP contribution in [0.1, 0.15) is 44.5 Å². The zero-order valence-electron chi connectivity index (χ0n) is 30.4. The van der Waals surface area contributed by atoms with Crippen molar-refractivity contribution >= 4 is 58.4 Å². The maximum atomic E-state index is 2.33. The van der Waals surface area contributed by atoms with Crippen LogP contribution in [0.4, 0.5) is 34.1 Å². The van der Waals surface area contributed by atoms with Crippen LogP contribution in [0.3, 0.4) is 0 Å². The van der Waals surface area contributed by atoms with E-state index in [1.807, 2.05) is 0 Å². The summed E-state index contributed by atoms with van der Waals surface area (Å²) >= 11 is 0. The van der Waals surface area contributed by atoms with Crippen LogP contribution >= 0.6 is 0 Å². The molecule has 7 aromatic carbocycles. The van der Waals surface area contributed by atoms with Crippen molar-refractivity contribution < 1.29 is 0 Å². The third-order valence-corrected chi connectivity index (χ3v) is 9.36. The van der Waals surface area contributed by atoms with E-state index < -0.39 is 0 Å². The fraction of sp³-hybridized carbons (Fsp3) is 0.0800. The van der Waals surface area contributed by atoms with Crippen molar-refractivity contribution in [3.63, 3.8) is 0 Å². The molecule has 0 radical (unpaired) electrons. The quantitative estimate of drug-likeness (QED) is 0.133. The maximum Gasteiger partial charge on any atom is 0.0468 e. The van der Waals surface area contributed by atoms with Crippen molar-refractivity contribution in [1.29, 1.82) is 0 Å². The molecule has 0 N–H and O–H groups in total. The Morgan fingerprint density at radius 1 is 0.288 bits per heavy atom. The molecule has 0 spiro atoms. The van der Waals surface area contributed by atoms with E-state index in [1.54, 1.807) is 0 Å². The van der Waals surface area contributed by atoms with Gasteiger partial charge in [0, 0.05) is 34.1 Å². The molecule has 0 aromatic heterocycles. The van der Waals surface area contributed by atoms with Crippen molar-refractivity contribution in [3.8, 4) is 0 Å². The minimum Gasteiger partial charge on any atom is -0.311 e. The van der Waals surface area contributed by atoms with Crippen LogP contribution in [-0.2, 0) is 0 Å². The van der Waals surface area contributed by atoms with E-state index in [0.29, 0.717) is 0 Å². The third-order valence-electron chi connectivity index (χ3n) is 9.36. The standard InChI is InChI=1S/C50H44N2/c1-37-10-25-45(26-11-37)51(46-27-12-38(2)13-28-46)49-33-20-42(21-34-49)18-22-43-24-35-50(36-44(43)23-19-41-8-6-5-7-9-41)52(47-29-14-39(3)15-30-47)48-31-16-40(4)17-32-48/h5-36H,1-4H3. The predicted molar refractivity (Wildman–Crippen MR) is 225 cm³/mol. The molecule has 254 valence electrons. The molecule has 0 aliphatic rings. The van der Waals surface area contributed by atoms with E-state index in [9.17, 15) is 0 Å². The fourth-order valence-corrected chi connectivity index (χ4v) is 6.34. The molecule has 0 heterocycles. The predicted octanol–water partition coefficient (Wildman–Crippen LogP) is 14.2. The summed E-state index contributed by atoms with van der Waals surface area (Å²) in [4.78, 5) is 4.64. The fourth-order valence-electron chi connectivity index (χ4n) is 6.34. The lowest BCUT2D eigenvalue weighted by atomic mass is 10.0. The van der Waals surface area contributed by atoms with Gasteiger partial charge in [0.1, 0.15) is 0 Å². The molecule has 0 aliphatic heterocycles. The molecule has 0 saturated carbocycles. The van der Waals surface area contributed by atoms with Gasteiger partial charge in [-0.3, -0.25) is 0 Å². The molecule has 7 rings (SSSR count). The number of hydrogen-bond acceptors (Lipinski definition) is 2. The average Bonchev–Trinajstić information content (AvgIpc) is 3.17. The van der Waals surface area contributed by atoms with Gasteiger partial charge in [-0.2, -0.15) is 0 Å². The number of rotatable bonds is 10. The van der Waals surface area contributed by atoms with Gasteiger partial charge in [-0.25, -0.2) is 0 Å². The topological polar surface area (TPSA) is 6.48 Å². The van der Waals surface area contributed by atoms with E-state index in [-0.39, 0.29) is 0 Å². The summed E-state index contributed by atoms with van der Waals surface area (Å²) in [5.41, 5.74) is 16.3. The summed E-state index contributed by atoms with van der Waals surface area (Å²) < 4.78 is 0. The first-order chi connectivity index (χ1) is 25.4. The van der Waals surface area contributed by atoms with Gasteiger partial charge in [0.05, 0.1) is 0 Å². The molecule has 2 heteroatoms. The molecule has 0 fully saturated rings. The molecular weight excluding hydrogens is 629 g/mol. The molecule has 0 atom stereocenters. The second-order valence-electron chi connectivity index (χ2n) is 13.5. The van der Waals surface area contributed by atoms with Crippen LogP contribution < -0.4 is 9.80 Å². The number of benzene rings is 7. The van der Waals surface area contributed by atoms with Crippen LogP contribution in [-0.4, -0.2) is 0 Å². The molecule has 52 heavy (non-hydrogen) atoms. The summed E-state index contributed by atoms with van der Waals surface area (Å²) in [5.74, 6) is 0. The molecule has 2 nitrogen and oxygen atoms in total. The summed E-state index contributed by atoms with van der Waals surface area (Å²) in [5, 5.41) is 0. The molecule has 0 unspecified atom stereocenters.